The third-order valence-electron chi connectivity index (χ3n) is 6.69. The molecule has 31 heavy (non-hydrogen) atoms. The van der Waals surface area contributed by atoms with Gasteiger partial charge >= 0.3 is 0 Å². The zero-order valence-corrected chi connectivity index (χ0v) is 18.0. The van der Waals surface area contributed by atoms with Gasteiger partial charge in [0.2, 0.25) is 0 Å². The van der Waals surface area contributed by atoms with E-state index in [1.807, 2.05) is 25.1 Å². The zero-order valence-electron chi connectivity index (χ0n) is 18.0. The summed E-state index contributed by atoms with van der Waals surface area (Å²) in [4.78, 5) is 23.8. The van der Waals surface area contributed by atoms with Gasteiger partial charge < -0.3 is 0 Å². The fraction of sp³-hybridized carbons (Fsp3) is 0.417. The van der Waals surface area contributed by atoms with Gasteiger partial charge in [0.25, 0.3) is 11.6 Å². The molecule has 2 aliphatic rings. The monoisotopic (exact) mass is 420 g/mol. The van der Waals surface area contributed by atoms with Gasteiger partial charge in [-0.2, -0.15) is 5.10 Å². The number of non-ortho nitro benzene ring substituents is 1. The molecule has 1 heterocycles. The third kappa shape index (κ3) is 4.10. The normalized spacial score (nSPS) is 22.6. The highest BCUT2D eigenvalue weighted by Gasteiger charge is 2.48. The van der Waals surface area contributed by atoms with Crippen LogP contribution in [-0.2, 0) is 16.8 Å². The van der Waals surface area contributed by atoms with Crippen molar-refractivity contribution in [3.63, 3.8) is 0 Å². The first-order chi connectivity index (χ1) is 14.8. The van der Waals surface area contributed by atoms with E-state index in [2.05, 4.69) is 21.9 Å². The van der Waals surface area contributed by atoms with E-state index in [4.69, 9.17) is 0 Å². The van der Waals surface area contributed by atoms with Gasteiger partial charge in [0.05, 0.1) is 10.6 Å². The second-order valence-corrected chi connectivity index (χ2v) is 8.87. The number of carbonyl (C=O) groups excluding carboxylic acids is 1. The lowest BCUT2D eigenvalue weighted by Crippen LogP contribution is -2.65. The second-order valence-electron chi connectivity index (χ2n) is 8.87. The average Bonchev–Trinajstić information content (AvgIpc) is 2.77. The van der Waals surface area contributed by atoms with Crippen molar-refractivity contribution in [2.75, 3.05) is 0 Å². The summed E-state index contributed by atoms with van der Waals surface area (Å²) in [7, 11) is 0. The van der Waals surface area contributed by atoms with Gasteiger partial charge in [-0.3, -0.25) is 20.2 Å². The molecule has 2 N–H and O–H groups in total. The van der Waals surface area contributed by atoms with Gasteiger partial charge in [-0.15, -0.1) is 0 Å². The molecule has 162 valence electrons. The van der Waals surface area contributed by atoms with E-state index in [9.17, 15) is 14.9 Å². The number of nitro benzene ring substituents is 1. The van der Waals surface area contributed by atoms with Crippen molar-refractivity contribution in [3.05, 3.63) is 75.3 Å². The maximum Gasteiger partial charge on any atom is 0.269 e. The lowest BCUT2D eigenvalue weighted by atomic mass is 9.69. The number of nitrogens with zero attached hydrogens (tertiary/aromatic N) is 2. The number of hydrazone groups is 1. The molecule has 1 saturated carbocycles. The SMILES string of the molecule is C/C(=N/NC(=O)[C@@]1(C)NC2(CCCCC2)Cc2ccccc21)c1ccc([N+](=O)[O-])cc1. The summed E-state index contributed by atoms with van der Waals surface area (Å²) in [6.07, 6.45) is 6.66. The molecule has 1 spiro atoms. The van der Waals surface area contributed by atoms with Crippen LogP contribution in [0.2, 0.25) is 0 Å². The predicted molar refractivity (Wildman–Crippen MR) is 120 cm³/mol. The van der Waals surface area contributed by atoms with Crippen LogP contribution in [0.5, 0.6) is 0 Å². The topological polar surface area (TPSA) is 96.6 Å². The lowest BCUT2D eigenvalue weighted by Gasteiger charge is -2.49. The summed E-state index contributed by atoms with van der Waals surface area (Å²) < 4.78 is 0. The van der Waals surface area contributed by atoms with Crippen molar-refractivity contribution in [2.45, 2.75) is 63.5 Å². The molecular weight excluding hydrogens is 392 g/mol. The largest absolute Gasteiger partial charge is 0.294 e. The molecule has 2 aromatic carbocycles. The smallest absolute Gasteiger partial charge is 0.269 e. The second kappa shape index (κ2) is 8.23. The minimum atomic E-state index is -0.883. The Kier molecular flexibility index (Phi) is 5.62. The number of amides is 1. The molecule has 1 amide bonds. The summed E-state index contributed by atoms with van der Waals surface area (Å²) in [6, 6.07) is 14.3. The molecule has 0 radical (unpaired) electrons. The van der Waals surface area contributed by atoms with Crippen LogP contribution in [0.15, 0.2) is 53.6 Å². The number of hydrogen-bond acceptors (Lipinski definition) is 5. The Bertz CT molecular complexity index is 1030. The van der Waals surface area contributed by atoms with Gasteiger partial charge in [-0.05, 0) is 61.9 Å². The minimum absolute atomic E-state index is 0.0221. The first kappa shape index (κ1) is 21.2. The Balaban J connectivity index is 1.58. The quantitative estimate of drug-likeness (QED) is 0.440. The van der Waals surface area contributed by atoms with Crippen LogP contribution in [0.1, 0.15) is 62.6 Å². The average molecular weight is 421 g/mol. The molecule has 0 saturated heterocycles. The number of fused-ring (bicyclic) bond motifs is 1. The Morgan fingerprint density at radius 1 is 1.10 bits per heavy atom. The maximum atomic E-state index is 13.4. The highest BCUT2D eigenvalue weighted by molar-refractivity contribution is 6.00. The standard InChI is InChI=1S/C24H28N4O3/c1-17(18-10-12-20(13-11-18)28(30)31)25-26-22(29)23(2)21-9-5-4-8-19(21)16-24(27-23)14-6-3-7-15-24/h4-5,8-13,27H,3,6-7,14-16H2,1-2H3,(H,26,29)/b25-17-/t23-/m0/s1. The summed E-state index contributed by atoms with van der Waals surface area (Å²) in [6.45, 7) is 3.71. The van der Waals surface area contributed by atoms with E-state index in [0.717, 1.165) is 30.4 Å². The van der Waals surface area contributed by atoms with Crippen molar-refractivity contribution in [3.8, 4) is 0 Å². The first-order valence-electron chi connectivity index (χ1n) is 10.8. The number of nitrogens with one attached hydrogen (secondary N) is 2. The molecule has 1 aliphatic heterocycles. The Morgan fingerprint density at radius 2 is 1.77 bits per heavy atom. The van der Waals surface area contributed by atoms with Crippen molar-refractivity contribution >= 4 is 17.3 Å². The van der Waals surface area contributed by atoms with Crippen LogP contribution in [0, 0.1) is 10.1 Å². The molecular formula is C24H28N4O3. The number of nitro groups is 1. The minimum Gasteiger partial charge on any atom is -0.294 e. The van der Waals surface area contributed by atoms with Gasteiger partial charge in [0.1, 0.15) is 5.54 Å². The Hall–Kier alpha value is -3.06. The Labute approximate surface area is 182 Å². The van der Waals surface area contributed by atoms with Gasteiger partial charge in [-0.25, -0.2) is 5.43 Å². The molecule has 4 rings (SSSR count). The van der Waals surface area contributed by atoms with Crippen LogP contribution >= 0.6 is 0 Å². The highest BCUT2D eigenvalue weighted by atomic mass is 16.6. The van der Waals surface area contributed by atoms with E-state index in [-0.39, 0.29) is 17.1 Å². The molecule has 1 fully saturated rings. The molecule has 0 aromatic heterocycles. The first-order valence-corrected chi connectivity index (χ1v) is 10.8. The summed E-state index contributed by atoms with van der Waals surface area (Å²) >= 11 is 0. The molecule has 7 nitrogen and oxygen atoms in total. The van der Waals surface area contributed by atoms with Gasteiger partial charge in [-0.1, -0.05) is 43.5 Å². The van der Waals surface area contributed by atoms with Crippen molar-refractivity contribution in [1.82, 2.24) is 10.7 Å². The van der Waals surface area contributed by atoms with E-state index in [1.54, 1.807) is 19.1 Å². The number of hydrogen-bond donors (Lipinski definition) is 2. The summed E-state index contributed by atoms with van der Waals surface area (Å²) in [5.41, 5.74) is 5.34. The van der Waals surface area contributed by atoms with Crippen LogP contribution in [0.3, 0.4) is 0 Å². The summed E-state index contributed by atoms with van der Waals surface area (Å²) in [5.74, 6) is -0.203. The van der Waals surface area contributed by atoms with Crippen molar-refractivity contribution in [1.29, 1.82) is 0 Å². The zero-order chi connectivity index (χ0) is 22.1. The van der Waals surface area contributed by atoms with E-state index >= 15 is 0 Å². The lowest BCUT2D eigenvalue weighted by molar-refractivity contribution is -0.384. The third-order valence-corrected chi connectivity index (χ3v) is 6.69. The molecule has 2 aromatic rings. The fourth-order valence-electron chi connectivity index (χ4n) is 5.01. The number of benzene rings is 2. The Morgan fingerprint density at radius 3 is 2.45 bits per heavy atom. The fourth-order valence-corrected chi connectivity index (χ4v) is 5.01. The predicted octanol–water partition coefficient (Wildman–Crippen LogP) is 4.20. The molecule has 7 heteroatoms. The van der Waals surface area contributed by atoms with E-state index in [0.29, 0.717) is 5.71 Å². The van der Waals surface area contributed by atoms with Gasteiger partial charge in [0.15, 0.2) is 0 Å². The van der Waals surface area contributed by atoms with Crippen LogP contribution in [0.25, 0.3) is 0 Å². The van der Waals surface area contributed by atoms with Crippen LogP contribution < -0.4 is 10.7 Å². The van der Waals surface area contributed by atoms with Crippen LogP contribution in [-0.4, -0.2) is 22.1 Å². The van der Waals surface area contributed by atoms with Crippen molar-refractivity contribution < 1.29 is 9.72 Å². The maximum absolute atomic E-state index is 13.4. The number of rotatable bonds is 4. The number of carbonyl (C=O) groups is 1. The highest BCUT2D eigenvalue weighted by Crippen LogP contribution is 2.41. The molecule has 0 bridgehead atoms. The van der Waals surface area contributed by atoms with Gasteiger partial charge in [0, 0.05) is 17.7 Å². The summed E-state index contributed by atoms with van der Waals surface area (Å²) in [5, 5.41) is 18.9. The van der Waals surface area contributed by atoms with Crippen molar-refractivity contribution in [2.24, 2.45) is 5.10 Å². The van der Waals surface area contributed by atoms with Crippen LogP contribution in [0.4, 0.5) is 5.69 Å². The molecule has 0 unspecified atom stereocenters. The van der Waals surface area contributed by atoms with E-state index in [1.165, 1.54) is 37.0 Å². The van der Waals surface area contributed by atoms with E-state index < -0.39 is 10.5 Å². The molecule has 1 atom stereocenters. The molecule has 1 aliphatic carbocycles.